The number of benzene rings is 20. The SMILES string of the molecule is c1ccc(-c2ccc3cc(-c4c5cccc(-c6ccc7oc8ccccc8c7c6)c5cc5c(-c6ccc7oc8ccccc8c7c6)cccc45)ccc3c2)cc1.c1ccc(-c2ccc3cc(-c4c5cccc(-c6cccc7oc8ccccc8c67)c5cc5c(-c6cccc7oc8ccccc8c67)cccc45)ccc3c2)cc1. The van der Waals surface area contributed by atoms with Crippen molar-refractivity contribution in [3.8, 4) is 89.0 Å². The molecular weight excluding hydrogens is 1360 g/mol. The third-order valence-corrected chi connectivity index (χ3v) is 23.3. The van der Waals surface area contributed by atoms with Gasteiger partial charge in [0.25, 0.3) is 0 Å². The van der Waals surface area contributed by atoms with E-state index in [1.165, 1.54) is 131 Å². The van der Waals surface area contributed by atoms with Gasteiger partial charge in [-0.2, -0.15) is 0 Å². The van der Waals surface area contributed by atoms with Crippen LogP contribution in [-0.2, 0) is 0 Å². The van der Waals surface area contributed by atoms with E-state index < -0.39 is 0 Å². The highest BCUT2D eigenvalue weighted by molar-refractivity contribution is 6.25. The van der Waals surface area contributed by atoms with Crippen LogP contribution in [0, 0.1) is 0 Å². The lowest BCUT2D eigenvalue weighted by Gasteiger charge is -2.18. The molecule has 0 atom stereocenters. The first-order chi connectivity index (χ1) is 55.5. The Balaban J connectivity index is 0.000000134. The Morgan fingerprint density at radius 3 is 0.812 bits per heavy atom. The summed E-state index contributed by atoms with van der Waals surface area (Å²) in [5.41, 5.74) is 26.3. The lowest BCUT2D eigenvalue weighted by atomic mass is 9.85. The monoisotopic (exact) mass is 1420 g/mol. The fraction of sp³-hybridized carbons (Fsp3) is 0. The third-order valence-electron chi connectivity index (χ3n) is 23.3. The number of rotatable bonds is 8. The molecular formula is C108H64O4. The second-order valence-electron chi connectivity index (χ2n) is 29.6. The van der Waals surface area contributed by atoms with Crippen molar-refractivity contribution in [3.05, 3.63) is 388 Å². The normalized spacial score (nSPS) is 11.9. The first-order valence-electron chi connectivity index (χ1n) is 38.3. The molecule has 0 saturated heterocycles. The van der Waals surface area contributed by atoms with E-state index in [0.717, 1.165) is 110 Å². The van der Waals surface area contributed by atoms with Gasteiger partial charge in [-0.05, 0) is 251 Å². The van der Waals surface area contributed by atoms with Gasteiger partial charge in [-0.3, -0.25) is 0 Å². The van der Waals surface area contributed by atoms with Crippen LogP contribution in [0.2, 0.25) is 0 Å². The molecule has 4 heteroatoms. The topological polar surface area (TPSA) is 52.6 Å². The zero-order chi connectivity index (χ0) is 73.5. The minimum Gasteiger partial charge on any atom is -0.456 e. The van der Waals surface area contributed by atoms with Gasteiger partial charge in [-0.15, -0.1) is 0 Å². The molecule has 0 unspecified atom stereocenters. The quantitative estimate of drug-likeness (QED) is 0.142. The smallest absolute Gasteiger partial charge is 0.136 e. The van der Waals surface area contributed by atoms with E-state index in [1.54, 1.807) is 0 Å². The van der Waals surface area contributed by atoms with Crippen LogP contribution in [-0.4, -0.2) is 0 Å². The first kappa shape index (κ1) is 63.3. The molecule has 0 amide bonds. The predicted octanol–water partition coefficient (Wildman–Crippen LogP) is 31.2. The average molecular weight is 1430 g/mol. The van der Waals surface area contributed by atoms with E-state index in [9.17, 15) is 0 Å². The highest BCUT2D eigenvalue weighted by Gasteiger charge is 2.24. The Morgan fingerprint density at radius 1 is 0.125 bits per heavy atom. The Labute approximate surface area is 643 Å². The Morgan fingerprint density at radius 2 is 0.402 bits per heavy atom. The van der Waals surface area contributed by atoms with Crippen molar-refractivity contribution in [3.63, 3.8) is 0 Å². The minimum atomic E-state index is 0.894. The molecule has 0 N–H and O–H groups in total. The molecule has 0 spiro atoms. The summed E-state index contributed by atoms with van der Waals surface area (Å²) in [6.45, 7) is 0. The summed E-state index contributed by atoms with van der Waals surface area (Å²) in [4.78, 5) is 0. The van der Waals surface area contributed by atoms with Crippen molar-refractivity contribution < 1.29 is 17.7 Å². The van der Waals surface area contributed by atoms with Gasteiger partial charge in [0, 0.05) is 43.1 Å². The summed E-state index contributed by atoms with van der Waals surface area (Å²) in [7, 11) is 0. The molecule has 20 aromatic carbocycles. The highest BCUT2D eigenvalue weighted by Crippen LogP contribution is 2.50. The fourth-order valence-electron chi connectivity index (χ4n) is 18.1. The molecule has 520 valence electrons. The van der Waals surface area contributed by atoms with E-state index in [1.807, 2.05) is 36.4 Å². The molecule has 0 fully saturated rings. The van der Waals surface area contributed by atoms with Crippen molar-refractivity contribution in [2.24, 2.45) is 0 Å². The zero-order valence-corrected chi connectivity index (χ0v) is 60.6. The summed E-state index contributed by atoms with van der Waals surface area (Å²) in [5.74, 6) is 0. The average Bonchev–Trinajstić information content (AvgIpc) is 0.796. The minimum absolute atomic E-state index is 0.894. The second-order valence-corrected chi connectivity index (χ2v) is 29.6. The highest BCUT2D eigenvalue weighted by atomic mass is 16.3. The molecule has 0 aliphatic heterocycles. The molecule has 0 aliphatic carbocycles. The molecule has 0 saturated carbocycles. The largest absolute Gasteiger partial charge is 0.456 e. The molecule has 4 heterocycles. The molecule has 24 aromatic rings. The number of furan rings is 4. The van der Waals surface area contributed by atoms with Gasteiger partial charge in [0.1, 0.15) is 44.7 Å². The summed E-state index contributed by atoms with van der Waals surface area (Å²) in [6, 6.07) is 140. The Hall–Kier alpha value is -14.8. The molecule has 0 aliphatic rings. The number of fused-ring (bicyclic) bond motifs is 18. The summed E-state index contributed by atoms with van der Waals surface area (Å²) >= 11 is 0. The van der Waals surface area contributed by atoms with Gasteiger partial charge in [0.05, 0.1) is 0 Å². The maximum atomic E-state index is 6.40. The van der Waals surface area contributed by atoms with Gasteiger partial charge in [0.2, 0.25) is 0 Å². The maximum Gasteiger partial charge on any atom is 0.136 e. The molecule has 0 bridgehead atoms. The van der Waals surface area contributed by atoms with Crippen molar-refractivity contribution in [2.45, 2.75) is 0 Å². The van der Waals surface area contributed by atoms with Crippen LogP contribution in [0.5, 0.6) is 0 Å². The Kier molecular flexibility index (Phi) is 14.3. The molecule has 4 aromatic heterocycles. The van der Waals surface area contributed by atoms with Crippen LogP contribution in [0.4, 0.5) is 0 Å². The lowest BCUT2D eigenvalue weighted by Crippen LogP contribution is -1.91. The van der Waals surface area contributed by atoms with Gasteiger partial charge >= 0.3 is 0 Å². The van der Waals surface area contributed by atoms with Crippen LogP contribution >= 0.6 is 0 Å². The first-order valence-corrected chi connectivity index (χ1v) is 38.3. The fourth-order valence-corrected chi connectivity index (χ4v) is 18.1. The summed E-state index contributed by atoms with van der Waals surface area (Å²) in [5, 5.41) is 23.6. The third kappa shape index (κ3) is 10.2. The molecule has 0 radical (unpaired) electrons. The van der Waals surface area contributed by atoms with Gasteiger partial charge in [-0.25, -0.2) is 0 Å². The number of hydrogen-bond donors (Lipinski definition) is 0. The Bertz CT molecular complexity index is 7660. The predicted molar refractivity (Wildman–Crippen MR) is 471 cm³/mol. The standard InChI is InChI=1S/2C54H32O2/c1-2-12-33(13-3-1)34-26-27-36-31-37(29-28-35(36)30-34)52-42-18-8-16-38(40-20-10-24-50-53(40)44-14-4-6-22-48(44)55-50)46(42)32-47-39(17-9-19-43(47)52)41-21-11-25-51-54(41)45-15-5-7-23-49(45)56-51;1-2-10-33(11-3-1)34-20-21-36-29-39(23-22-35(36)28-34)54-44-16-8-14-40(37-24-26-52-48(30-37)42-12-4-6-18-50(42)55-52)46(44)32-47-41(15-9-17-45(47)54)38-25-27-53-49(31-38)43-13-5-7-19-51(43)56-53/h2*1-32H. The van der Waals surface area contributed by atoms with Crippen LogP contribution < -0.4 is 0 Å². The second kappa shape index (κ2) is 25.4. The van der Waals surface area contributed by atoms with Gasteiger partial charge in [-0.1, -0.05) is 291 Å². The van der Waals surface area contributed by atoms with Crippen LogP contribution in [0.25, 0.3) is 241 Å². The van der Waals surface area contributed by atoms with E-state index in [4.69, 9.17) is 17.7 Å². The molecule has 4 nitrogen and oxygen atoms in total. The van der Waals surface area contributed by atoms with Gasteiger partial charge < -0.3 is 17.7 Å². The van der Waals surface area contributed by atoms with E-state index >= 15 is 0 Å². The van der Waals surface area contributed by atoms with Crippen LogP contribution in [0.1, 0.15) is 0 Å². The molecule has 112 heavy (non-hydrogen) atoms. The van der Waals surface area contributed by atoms with Crippen molar-refractivity contribution in [2.75, 3.05) is 0 Å². The van der Waals surface area contributed by atoms with E-state index in [-0.39, 0.29) is 0 Å². The van der Waals surface area contributed by atoms with Crippen molar-refractivity contribution in [1.29, 1.82) is 0 Å². The number of hydrogen-bond acceptors (Lipinski definition) is 4. The zero-order valence-electron chi connectivity index (χ0n) is 60.6. The molecule has 24 rings (SSSR count). The van der Waals surface area contributed by atoms with E-state index in [0.29, 0.717) is 0 Å². The number of para-hydroxylation sites is 4. The summed E-state index contributed by atoms with van der Waals surface area (Å²) in [6.07, 6.45) is 0. The van der Waals surface area contributed by atoms with Crippen LogP contribution in [0.15, 0.2) is 406 Å². The lowest BCUT2D eigenvalue weighted by molar-refractivity contribution is 0.668. The van der Waals surface area contributed by atoms with Crippen molar-refractivity contribution >= 4 is 152 Å². The van der Waals surface area contributed by atoms with Crippen molar-refractivity contribution in [1.82, 2.24) is 0 Å². The maximum absolute atomic E-state index is 6.40. The van der Waals surface area contributed by atoms with Gasteiger partial charge in [0.15, 0.2) is 0 Å². The van der Waals surface area contributed by atoms with E-state index in [2.05, 4.69) is 352 Å². The summed E-state index contributed by atoms with van der Waals surface area (Å²) < 4.78 is 25.3. The van der Waals surface area contributed by atoms with Crippen LogP contribution in [0.3, 0.4) is 0 Å².